The van der Waals surface area contributed by atoms with Gasteiger partial charge in [0.25, 0.3) is 0 Å². The highest BCUT2D eigenvalue weighted by Crippen LogP contribution is 2.38. The molecule has 55 heavy (non-hydrogen) atoms. The largest absolute Gasteiger partial charge is 0.309 e. The van der Waals surface area contributed by atoms with Crippen molar-refractivity contribution >= 4 is 21.8 Å². The number of hydrogen-bond donors (Lipinski definition) is 0. The van der Waals surface area contributed by atoms with Crippen LogP contribution in [0.2, 0.25) is 0 Å². The minimum Gasteiger partial charge on any atom is -0.309 e. The molecule has 10 aromatic rings. The summed E-state index contributed by atoms with van der Waals surface area (Å²) in [7, 11) is 0. The van der Waals surface area contributed by atoms with Gasteiger partial charge < -0.3 is 4.57 Å². The lowest BCUT2D eigenvalue weighted by Gasteiger charge is -2.11. The van der Waals surface area contributed by atoms with Gasteiger partial charge in [0.1, 0.15) is 0 Å². The van der Waals surface area contributed by atoms with Gasteiger partial charge in [-0.15, -0.1) is 0 Å². The maximum Gasteiger partial charge on any atom is 0.160 e. The zero-order valence-electron chi connectivity index (χ0n) is 30.0. The van der Waals surface area contributed by atoms with Crippen LogP contribution in [0.4, 0.5) is 0 Å². The van der Waals surface area contributed by atoms with Gasteiger partial charge in [-0.3, -0.25) is 0 Å². The highest BCUT2D eigenvalue weighted by molar-refractivity contribution is 6.11. The maximum absolute atomic E-state index is 5.02. The lowest BCUT2D eigenvalue weighted by Crippen LogP contribution is -1.96. The Morgan fingerprint density at radius 3 is 1.09 bits per heavy atom. The number of hydrogen-bond acceptors (Lipinski definition) is 2. The van der Waals surface area contributed by atoms with E-state index in [2.05, 4.69) is 180 Å². The molecule has 8 aromatic carbocycles. The quantitative estimate of drug-likeness (QED) is 0.166. The lowest BCUT2D eigenvalue weighted by molar-refractivity contribution is 1.18. The number of benzene rings is 8. The van der Waals surface area contributed by atoms with Crippen molar-refractivity contribution in [2.75, 3.05) is 0 Å². The van der Waals surface area contributed by atoms with E-state index in [9.17, 15) is 0 Å². The van der Waals surface area contributed by atoms with E-state index in [0.717, 1.165) is 44.9 Å². The summed E-state index contributed by atoms with van der Waals surface area (Å²) in [6.45, 7) is 0. The second kappa shape index (κ2) is 13.9. The van der Waals surface area contributed by atoms with Gasteiger partial charge in [0, 0.05) is 33.2 Å². The van der Waals surface area contributed by atoms with E-state index in [0.29, 0.717) is 5.82 Å². The van der Waals surface area contributed by atoms with E-state index < -0.39 is 0 Å². The minimum absolute atomic E-state index is 0.717. The van der Waals surface area contributed by atoms with Gasteiger partial charge in [0.2, 0.25) is 0 Å². The third kappa shape index (κ3) is 6.18. The minimum atomic E-state index is 0.717. The van der Waals surface area contributed by atoms with Crippen LogP contribution in [0.3, 0.4) is 0 Å². The average Bonchev–Trinajstić information content (AvgIpc) is 3.60. The van der Waals surface area contributed by atoms with Crippen molar-refractivity contribution in [1.82, 2.24) is 14.5 Å². The fraction of sp³-hybridized carbons (Fsp3) is 0. The van der Waals surface area contributed by atoms with Crippen molar-refractivity contribution in [3.63, 3.8) is 0 Å². The Hall–Kier alpha value is -7.36. The Labute approximate surface area is 320 Å². The molecule has 0 radical (unpaired) electrons. The van der Waals surface area contributed by atoms with Gasteiger partial charge in [-0.2, -0.15) is 0 Å². The third-order valence-corrected chi connectivity index (χ3v) is 10.4. The van der Waals surface area contributed by atoms with E-state index in [1.54, 1.807) is 0 Å². The van der Waals surface area contributed by atoms with Crippen molar-refractivity contribution in [1.29, 1.82) is 0 Å². The molecule has 0 saturated heterocycles. The van der Waals surface area contributed by atoms with Crippen molar-refractivity contribution in [3.05, 3.63) is 212 Å². The van der Waals surface area contributed by atoms with Crippen LogP contribution in [-0.2, 0) is 0 Å². The molecule has 0 aliphatic rings. The Kier molecular flexibility index (Phi) is 8.16. The molecule has 3 heteroatoms. The summed E-state index contributed by atoms with van der Waals surface area (Å²) >= 11 is 0. The molecule has 0 amide bonds. The molecule has 0 unspecified atom stereocenters. The SMILES string of the molecule is c1ccc(-c2ccc3c(c2)c2cc(-c4ccccc4)ccc2n3-c2ccc(-c3ccc(-c4cc(-c5ccccc5)nc(-c5ccccc5)n4)cc3)cc2)cc1. The molecule has 10 rings (SSSR count). The first-order valence-electron chi connectivity index (χ1n) is 18.7. The van der Waals surface area contributed by atoms with Crippen molar-refractivity contribution in [3.8, 4) is 73.0 Å². The van der Waals surface area contributed by atoms with Gasteiger partial charge in [-0.05, 0) is 75.8 Å². The Balaban J connectivity index is 1.02. The van der Waals surface area contributed by atoms with Crippen LogP contribution in [0, 0.1) is 0 Å². The summed E-state index contributed by atoms with van der Waals surface area (Å²) in [5.41, 5.74) is 15.6. The highest BCUT2D eigenvalue weighted by Gasteiger charge is 2.16. The van der Waals surface area contributed by atoms with Crippen LogP contribution in [0.15, 0.2) is 212 Å². The van der Waals surface area contributed by atoms with E-state index >= 15 is 0 Å². The molecule has 0 saturated carbocycles. The molecule has 2 heterocycles. The van der Waals surface area contributed by atoms with Crippen LogP contribution >= 0.6 is 0 Å². The summed E-state index contributed by atoms with van der Waals surface area (Å²) in [4.78, 5) is 9.98. The Morgan fingerprint density at radius 2 is 0.618 bits per heavy atom. The molecule has 2 aromatic heterocycles. The molecule has 0 aliphatic heterocycles. The van der Waals surface area contributed by atoms with Gasteiger partial charge in [0.15, 0.2) is 5.82 Å². The summed E-state index contributed by atoms with van der Waals surface area (Å²) in [5, 5.41) is 2.48. The second-order valence-electron chi connectivity index (χ2n) is 13.8. The lowest BCUT2D eigenvalue weighted by atomic mass is 10.0. The molecule has 258 valence electrons. The summed E-state index contributed by atoms with van der Waals surface area (Å²) in [5.74, 6) is 0.717. The Morgan fingerprint density at radius 1 is 0.273 bits per heavy atom. The van der Waals surface area contributed by atoms with E-state index in [1.807, 2.05) is 36.4 Å². The van der Waals surface area contributed by atoms with Crippen LogP contribution in [0.1, 0.15) is 0 Å². The van der Waals surface area contributed by atoms with E-state index in [4.69, 9.17) is 9.97 Å². The molecular formula is C52H35N3. The van der Waals surface area contributed by atoms with Crippen LogP contribution in [0.25, 0.3) is 94.8 Å². The van der Waals surface area contributed by atoms with Crippen LogP contribution in [-0.4, -0.2) is 14.5 Å². The van der Waals surface area contributed by atoms with E-state index in [-0.39, 0.29) is 0 Å². The fourth-order valence-electron chi connectivity index (χ4n) is 7.63. The summed E-state index contributed by atoms with van der Waals surface area (Å²) in [6.07, 6.45) is 0. The molecular weight excluding hydrogens is 667 g/mol. The zero-order chi connectivity index (χ0) is 36.6. The van der Waals surface area contributed by atoms with Crippen molar-refractivity contribution in [2.45, 2.75) is 0 Å². The number of fused-ring (bicyclic) bond motifs is 3. The second-order valence-corrected chi connectivity index (χ2v) is 13.8. The monoisotopic (exact) mass is 701 g/mol. The van der Waals surface area contributed by atoms with Crippen LogP contribution < -0.4 is 0 Å². The first-order valence-corrected chi connectivity index (χ1v) is 18.7. The molecule has 0 N–H and O–H groups in total. The average molecular weight is 702 g/mol. The fourth-order valence-corrected chi connectivity index (χ4v) is 7.63. The molecule has 0 bridgehead atoms. The first-order chi connectivity index (χ1) is 27.2. The van der Waals surface area contributed by atoms with Gasteiger partial charge >= 0.3 is 0 Å². The maximum atomic E-state index is 5.02. The molecule has 0 fully saturated rings. The topological polar surface area (TPSA) is 30.7 Å². The van der Waals surface area contributed by atoms with Crippen molar-refractivity contribution in [2.24, 2.45) is 0 Å². The normalized spacial score (nSPS) is 11.3. The van der Waals surface area contributed by atoms with E-state index in [1.165, 1.54) is 44.1 Å². The molecule has 0 spiro atoms. The van der Waals surface area contributed by atoms with Gasteiger partial charge in [0.05, 0.1) is 22.4 Å². The number of aromatic nitrogens is 3. The predicted molar refractivity (Wildman–Crippen MR) is 229 cm³/mol. The van der Waals surface area contributed by atoms with Gasteiger partial charge in [-0.1, -0.05) is 170 Å². The standard InChI is InChI=1S/C52H35N3/c1-5-13-36(14-6-1)43-27-31-50-46(33-43)47-34-44(37-15-7-2-8-16-37)28-32-51(47)55(50)45-29-25-39(26-30-45)38-21-23-41(24-22-38)49-35-48(40-17-9-3-10-18-40)53-52(54-49)42-19-11-4-12-20-42/h1-35H. The Bertz CT molecular complexity index is 2760. The summed E-state index contributed by atoms with van der Waals surface area (Å²) < 4.78 is 2.39. The first kappa shape index (κ1) is 32.3. The zero-order valence-corrected chi connectivity index (χ0v) is 30.0. The van der Waals surface area contributed by atoms with Gasteiger partial charge in [-0.25, -0.2) is 9.97 Å². The summed E-state index contributed by atoms with van der Waals surface area (Å²) in [6, 6.07) is 75.2. The molecule has 0 atom stereocenters. The number of rotatable bonds is 7. The highest BCUT2D eigenvalue weighted by atomic mass is 15.0. The molecule has 0 aliphatic carbocycles. The smallest absolute Gasteiger partial charge is 0.160 e. The van der Waals surface area contributed by atoms with Crippen LogP contribution in [0.5, 0.6) is 0 Å². The molecule has 3 nitrogen and oxygen atoms in total. The third-order valence-electron chi connectivity index (χ3n) is 10.4. The number of nitrogens with zero attached hydrogens (tertiary/aromatic N) is 3. The van der Waals surface area contributed by atoms with Crippen molar-refractivity contribution < 1.29 is 0 Å². The predicted octanol–water partition coefficient (Wildman–Crippen LogP) is 13.6.